The third kappa shape index (κ3) is 4.57. The van der Waals surface area contributed by atoms with Crippen molar-refractivity contribution in [1.29, 1.82) is 0 Å². The summed E-state index contributed by atoms with van der Waals surface area (Å²) >= 11 is 0. The van der Waals surface area contributed by atoms with Crippen LogP contribution in [0.2, 0.25) is 0 Å². The van der Waals surface area contributed by atoms with Crippen molar-refractivity contribution in [2.75, 3.05) is 14.2 Å². The topological polar surface area (TPSA) is 90.1 Å². The second kappa shape index (κ2) is 7.95. The van der Waals surface area contributed by atoms with Gasteiger partial charge < -0.3 is 9.36 Å². The summed E-state index contributed by atoms with van der Waals surface area (Å²) in [5.74, 6) is -2.10. The van der Waals surface area contributed by atoms with Gasteiger partial charge in [0, 0.05) is 5.56 Å². The van der Waals surface area contributed by atoms with Crippen molar-refractivity contribution in [2.24, 2.45) is 5.16 Å². The summed E-state index contributed by atoms with van der Waals surface area (Å²) in [5.41, 5.74) is 1.09. The van der Waals surface area contributed by atoms with Crippen molar-refractivity contribution >= 4 is 11.6 Å². The van der Waals surface area contributed by atoms with Gasteiger partial charge >= 0.3 is 12.1 Å². The maximum atomic E-state index is 12.5. The Hall–Kier alpha value is -2.95. The number of carbonyl (C=O) groups is 1. The van der Waals surface area contributed by atoms with Crippen LogP contribution >= 0.6 is 0 Å². The summed E-state index contributed by atoms with van der Waals surface area (Å²) in [5, 5.41) is 7.90. The number of hydrogen-bond donors (Lipinski definition) is 0. The molecule has 11 heteroatoms. The average molecular weight is 372 g/mol. The third-order valence-electron chi connectivity index (χ3n) is 3.19. The fourth-order valence-electron chi connectivity index (χ4n) is 1.96. The molecule has 1 aromatic carbocycles. The highest BCUT2D eigenvalue weighted by atomic mass is 19.4. The maximum absolute atomic E-state index is 12.5. The van der Waals surface area contributed by atoms with Crippen molar-refractivity contribution in [3.63, 3.8) is 0 Å². The summed E-state index contributed by atoms with van der Waals surface area (Å²) in [6, 6.07) is 6.21. The van der Waals surface area contributed by atoms with Crippen molar-refractivity contribution in [2.45, 2.75) is 19.6 Å². The molecule has 0 aliphatic rings. The first kappa shape index (κ1) is 19.4. The van der Waals surface area contributed by atoms with Crippen LogP contribution in [0.1, 0.15) is 18.4 Å². The zero-order chi connectivity index (χ0) is 19.3. The number of nitrogens with zero attached hydrogens (tertiary/aromatic N) is 4. The molecule has 0 saturated heterocycles. The van der Waals surface area contributed by atoms with E-state index in [2.05, 4.69) is 24.7 Å². The van der Waals surface area contributed by atoms with Crippen LogP contribution < -0.4 is 0 Å². The lowest BCUT2D eigenvalue weighted by Crippen LogP contribution is -2.34. The number of oxime groups is 1. The second-order valence-electron chi connectivity index (χ2n) is 5.00. The smallest absolute Gasteiger partial charge is 0.399 e. The van der Waals surface area contributed by atoms with Gasteiger partial charge in [0.15, 0.2) is 0 Å². The lowest BCUT2D eigenvalue weighted by atomic mass is 10.1. The predicted molar refractivity (Wildman–Crippen MR) is 82.4 cm³/mol. The molecule has 0 unspecified atom stereocenters. The molecule has 0 radical (unpaired) electrons. The van der Waals surface area contributed by atoms with Crippen LogP contribution in [0.3, 0.4) is 0 Å². The molecule has 2 aromatic rings. The van der Waals surface area contributed by atoms with E-state index in [0.29, 0.717) is 11.1 Å². The van der Waals surface area contributed by atoms with Crippen molar-refractivity contribution in [3.8, 4) is 11.4 Å². The minimum absolute atomic E-state index is 0.0895. The monoisotopic (exact) mass is 372 g/mol. The van der Waals surface area contributed by atoms with Gasteiger partial charge in [-0.1, -0.05) is 34.6 Å². The normalized spacial score (nSPS) is 12.2. The Morgan fingerprint density at radius 1 is 1.27 bits per heavy atom. The van der Waals surface area contributed by atoms with Gasteiger partial charge in [-0.3, -0.25) is 9.63 Å². The first-order valence-electron chi connectivity index (χ1n) is 7.20. The number of benzene rings is 1. The van der Waals surface area contributed by atoms with Crippen LogP contribution in [0, 0.1) is 0 Å². The highest BCUT2D eigenvalue weighted by Crippen LogP contribution is 2.29. The average Bonchev–Trinajstić information content (AvgIpc) is 3.10. The molecule has 0 aliphatic heterocycles. The zero-order valence-electron chi connectivity index (χ0n) is 14.1. The van der Waals surface area contributed by atoms with E-state index < -0.39 is 18.0 Å². The summed E-state index contributed by atoms with van der Waals surface area (Å²) in [6.07, 6.45) is -4.70. The molecule has 8 nitrogen and oxygen atoms in total. The zero-order valence-corrected chi connectivity index (χ0v) is 14.1. The highest BCUT2D eigenvalue weighted by molar-refractivity contribution is 6.37. The first-order valence-corrected chi connectivity index (χ1v) is 7.20. The minimum Gasteiger partial charge on any atom is -0.399 e. The van der Waals surface area contributed by atoms with E-state index >= 15 is 0 Å². The molecule has 26 heavy (non-hydrogen) atoms. The molecular formula is C15H15F3N4O4. The van der Waals surface area contributed by atoms with Crippen LogP contribution in [0.25, 0.3) is 11.4 Å². The Balaban J connectivity index is 2.12. The minimum atomic E-state index is -4.70. The van der Waals surface area contributed by atoms with Gasteiger partial charge in [0.25, 0.3) is 5.91 Å². The van der Waals surface area contributed by atoms with Crippen LogP contribution in [-0.2, 0) is 27.2 Å². The van der Waals surface area contributed by atoms with Gasteiger partial charge in [0.2, 0.25) is 5.82 Å². The molecule has 140 valence electrons. The molecular weight excluding hydrogens is 357 g/mol. The number of halogens is 3. The number of amides is 1. The Bertz CT molecular complexity index is 787. The maximum Gasteiger partial charge on any atom is 0.471 e. The molecule has 0 bridgehead atoms. The van der Waals surface area contributed by atoms with Crippen LogP contribution in [0.4, 0.5) is 13.2 Å². The molecule has 1 amide bonds. The van der Waals surface area contributed by atoms with E-state index in [1.807, 2.05) is 0 Å². The van der Waals surface area contributed by atoms with Gasteiger partial charge in [-0.05, 0) is 12.5 Å². The fraction of sp³-hybridized carbons (Fsp3) is 0.333. The predicted octanol–water partition coefficient (Wildman–Crippen LogP) is 2.67. The van der Waals surface area contributed by atoms with Gasteiger partial charge in [0.05, 0.1) is 13.7 Å². The van der Waals surface area contributed by atoms with E-state index in [4.69, 9.17) is 4.84 Å². The summed E-state index contributed by atoms with van der Waals surface area (Å²) in [7, 11) is 2.64. The molecule has 0 aliphatic carbocycles. The van der Waals surface area contributed by atoms with Crippen molar-refractivity contribution < 1.29 is 32.2 Å². The number of carbonyl (C=O) groups excluding carboxylic acids is 1. The first-order chi connectivity index (χ1) is 12.3. The van der Waals surface area contributed by atoms with Gasteiger partial charge in [-0.2, -0.15) is 18.2 Å². The van der Waals surface area contributed by atoms with Crippen molar-refractivity contribution in [1.82, 2.24) is 15.2 Å². The summed E-state index contributed by atoms with van der Waals surface area (Å²) in [6.45, 7) is 1.56. The van der Waals surface area contributed by atoms with Crippen LogP contribution in [0.15, 0.2) is 33.9 Å². The molecule has 0 atom stereocenters. The molecule has 1 aromatic heterocycles. The van der Waals surface area contributed by atoms with E-state index in [1.54, 1.807) is 12.1 Å². The molecule has 0 saturated carbocycles. The standard InChI is InChI=1S/C15H15F3N4O4/c1-9(20-24-2)13(23)22(25-3)8-10-4-6-11(7-5-10)12-19-14(26-21-12)15(16,17)18/h4-7H,8H2,1-3H3/b20-9-. The molecule has 0 spiro atoms. The van der Waals surface area contributed by atoms with Gasteiger partial charge in [0.1, 0.15) is 12.8 Å². The van der Waals surface area contributed by atoms with Crippen LogP contribution in [0.5, 0.6) is 0 Å². The Labute approximate surface area is 146 Å². The lowest BCUT2D eigenvalue weighted by molar-refractivity contribution is -0.171. The van der Waals surface area contributed by atoms with Crippen LogP contribution in [-0.4, -0.2) is 41.0 Å². The highest BCUT2D eigenvalue weighted by Gasteiger charge is 2.38. The second-order valence-corrected chi connectivity index (χ2v) is 5.00. The van der Waals surface area contributed by atoms with E-state index in [0.717, 1.165) is 5.06 Å². The van der Waals surface area contributed by atoms with E-state index in [9.17, 15) is 18.0 Å². The molecule has 0 N–H and O–H groups in total. The Kier molecular flexibility index (Phi) is 5.93. The largest absolute Gasteiger partial charge is 0.471 e. The fourth-order valence-corrected chi connectivity index (χ4v) is 1.96. The number of hydroxylamine groups is 2. The quantitative estimate of drug-likeness (QED) is 0.572. The SMILES string of the molecule is CO/N=C(/C)C(=O)N(Cc1ccc(-c2noc(C(F)(F)F)n2)cc1)OC. The Morgan fingerprint density at radius 3 is 2.42 bits per heavy atom. The van der Waals surface area contributed by atoms with Gasteiger partial charge in [-0.15, -0.1) is 0 Å². The van der Waals surface area contributed by atoms with Gasteiger partial charge in [-0.25, -0.2) is 5.06 Å². The number of rotatable bonds is 6. The summed E-state index contributed by atoms with van der Waals surface area (Å²) < 4.78 is 41.7. The van der Waals surface area contributed by atoms with Crippen molar-refractivity contribution in [3.05, 3.63) is 35.7 Å². The molecule has 2 rings (SSSR count). The lowest BCUT2D eigenvalue weighted by Gasteiger charge is -2.19. The number of alkyl halides is 3. The number of aromatic nitrogens is 2. The number of hydrogen-bond acceptors (Lipinski definition) is 7. The molecule has 0 fully saturated rings. The third-order valence-corrected chi connectivity index (χ3v) is 3.19. The van der Waals surface area contributed by atoms with E-state index in [1.165, 1.54) is 33.3 Å². The summed E-state index contributed by atoms with van der Waals surface area (Å²) in [4.78, 5) is 25.0. The van der Waals surface area contributed by atoms with E-state index in [-0.39, 0.29) is 18.1 Å². The molecule has 1 heterocycles. The Morgan fingerprint density at radius 2 is 1.92 bits per heavy atom.